The molecule has 0 bridgehead atoms. The normalized spacial score (nSPS) is 11.4. The van der Waals surface area contributed by atoms with Crippen LogP contribution in [0.2, 0.25) is 0 Å². The van der Waals surface area contributed by atoms with Gasteiger partial charge in [-0.15, -0.1) is 11.3 Å². The second-order valence-electron chi connectivity index (χ2n) is 5.72. The van der Waals surface area contributed by atoms with Gasteiger partial charge >= 0.3 is 0 Å². The maximum atomic E-state index is 12.1. The molecule has 1 amide bonds. The van der Waals surface area contributed by atoms with Gasteiger partial charge in [-0.3, -0.25) is 4.79 Å². The van der Waals surface area contributed by atoms with E-state index < -0.39 is 0 Å². The van der Waals surface area contributed by atoms with Crippen LogP contribution in [0.15, 0.2) is 36.5 Å². The fraction of sp³-hybridized carbons (Fsp3) is 0.375. The predicted molar refractivity (Wildman–Crippen MR) is 85.4 cm³/mol. The van der Waals surface area contributed by atoms with Gasteiger partial charge in [0.15, 0.2) is 0 Å². The molecule has 21 heavy (non-hydrogen) atoms. The molecule has 2 N–H and O–H groups in total. The van der Waals surface area contributed by atoms with E-state index in [4.69, 9.17) is 5.11 Å². The highest BCUT2D eigenvalue weighted by Crippen LogP contribution is 2.25. The van der Waals surface area contributed by atoms with Crippen LogP contribution in [0.5, 0.6) is 0 Å². The Morgan fingerprint density at radius 1 is 1.33 bits per heavy atom. The number of hydrogen-bond donors (Lipinski definition) is 2. The Kier molecular flexibility index (Phi) is 5.09. The number of carbonyl (C=O) groups excluding carboxylic acids is 1. The second kappa shape index (κ2) is 6.83. The number of thiazole rings is 1. The second-order valence-corrected chi connectivity index (χ2v) is 6.75. The third kappa shape index (κ3) is 4.37. The van der Waals surface area contributed by atoms with Crippen molar-refractivity contribution in [2.45, 2.75) is 20.3 Å². The molecule has 4 nitrogen and oxygen atoms in total. The zero-order valence-corrected chi connectivity index (χ0v) is 13.1. The molecule has 0 spiro atoms. The van der Waals surface area contributed by atoms with E-state index in [0.29, 0.717) is 17.8 Å². The number of benzene rings is 1. The molecule has 0 saturated heterocycles. The summed E-state index contributed by atoms with van der Waals surface area (Å²) in [6.45, 7) is 4.70. The first-order valence-corrected chi connectivity index (χ1v) is 7.74. The monoisotopic (exact) mass is 304 g/mol. The predicted octanol–water partition coefficient (Wildman–Crippen LogP) is 2.95. The summed E-state index contributed by atoms with van der Waals surface area (Å²) >= 11 is 1.39. The van der Waals surface area contributed by atoms with Crippen LogP contribution in [0.3, 0.4) is 0 Å². The zero-order valence-electron chi connectivity index (χ0n) is 12.3. The summed E-state index contributed by atoms with van der Waals surface area (Å²) in [5.41, 5.74) is 0.902. The van der Waals surface area contributed by atoms with Gasteiger partial charge in [0.25, 0.3) is 5.91 Å². The van der Waals surface area contributed by atoms with Crippen molar-refractivity contribution in [3.05, 3.63) is 41.4 Å². The van der Waals surface area contributed by atoms with Crippen molar-refractivity contribution < 1.29 is 9.90 Å². The number of carbonyl (C=O) groups is 1. The van der Waals surface area contributed by atoms with Crippen molar-refractivity contribution >= 4 is 17.2 Å². The van der Waals surface area contributed by atoms with E-state index in [9.17, 15) is 4.79 Å². The van der Waals surface area contributed by atoms with Gasteiger partial charge in [-0.2, -0.15) is 0 Å². The molecule has 0 aliphatic rings. The number of hydrogen-bond acceptors (Lipinski definition) is 4. The van der Waals surface area contributed by atoms with Crippen molar-refractivity contribution in [3.63, 3.8) is 0 Å². The van der Waals surface area contributed by atoms with Crippen LogP contribution in [0, 0.1) is 5.41 Å². The van der Waals surface area contributed by atoms with E-state index in [1.807, 2.05) is 44.2 Å². The first kappa shape index (κ1) is 15.7. The molecule has 0 aliphatic carbocycles. The lowest BCUT2D eigenvalue weighted by molar-refractivity contribution is 0.0932. The molecule has 0 radical (unpaired) electrons. The van der Waals surface area contributed by atoms with Gasteiger partial charge in [-0.05, 0) is 11.8 Å². The highest BCUT2D eigenvalue weighted by molar-refractivity contribution is 7.16. The van der Waals surface area contributed by atoms with E-state index in [1.54, 1.807) is 6.20 Å². The first-order valence-electron chi connectivity index (χ1n) is 6.92. The molecule has 1 aromatic carbocycles. The number of aliphatic hydroxyl groups is 1. The Morgan fingerprint density at radius 3 is 2.71 bits per heavy atom. The summed E-state index contributed by atoms with van der Waals surface area (Å²) in [7, 11) is 0. The average Bonchev–Trinajstić information content (AvgIpc) is 2.96. The number of aromatic nitrogens is 1. The van der Waals surface area contributed by atoms with Gasteiger partial charge in [0, 0.05) is 18.7 Å². The maximum absolute atomic E-state index is 12.1. The topological polar surface area (TPSA) is 62.2 Å². The van der Waals surface area contributed by atoms with Gasteiger partial charge in [0.2, 0.25) is 0 Å². The molecule has 0 aliphatic heterocycles. The minimum atomic E-state index is -0.114. The van der Waals surface area contributed by atoms with Crippen LogP contribution in [0.4, 0.5) is 0 Å². The van der Waals surface area contributed by atoms with Crippen LogP contribution in [0.1, 0.15) is 29.9 Å². The van der Waals surface area contributed by atoms with Crippen molar-refractivity contribution in [1.82, 2.24) is 10.3 Å². The number of aliphatic hydroxyl groups excluding tert-OH is 1. The van der Waals surface area contributed by atoms with Gasteiger partial charge in [-0.25, -0.2) is 4.98 Å². The minimum Gasteiger partial charge on any atom is -0.396 e. The molecule has 0 saturated carbocycles. The highest BCUT2D eigenvalue weighted by Gasteiger charge is 2.19. The average molecular weight is 304 g/mol. The Hall–Kier alpha value is -1.72. The first-order chi connectivity index (χ1) is 10.0. The lowest BCUT2D eigenvalue weighted by atomic mass is 9.90. The van der Waals surface area contributed by atoms with E-state index in [1.165, 1.54) is 11.3 Å². The Labute approximate surface area is 128 Å². The third-order valence-electron chi connectivity index (χ3n) is 3.27. The molecule has 1 heterocycles. The molecular formula is C16H20N2O2S. The van der Waals surface area contributed by atoms with Crippen molar-refractivity contribution in [2.75, 3.05) is 13.2 Å². The summed E-state index contributed by atoms with van der Waals surface area (Å²) in [5.74, 6) is -0.110. The summed E-state index contributed by atoms with van der Waals surface area (Å²) in [4.78, 5) is 17.0. The van der Waals surface area contributed by atoms with Crippen molar-refractivity contribution in [3.8, 4) is 10.6 Å². The highest BCUT2D eigenvalue weighted by atomic mass is 32.1. The standard InChI is InChI=1S/C16H20N2O2S/c1-16(2,8-9-19)11-18-14(20)13-10-17-15(21-13)12-6-4-3-5-7-12/h3-7,10,19H,8-9,11H2,1-2H3,(H,18,20). The minimum absolute atomic E-state index is 0.110. The molecule has 2 aromatic rings. The van der Waals surface area contributed by atoms with Gasteiger partial charge < -0.3 is 10.4 Å². The largest absolute Gasteiger partial charge is 0.396 e. The maximum Gasteiger partial charge on any atom is 0.263 e. The Bertz CT molecular complexity index is 593. The van der Waals surface area contributed by atoms with E-state index in [-0.39, 0.29) is 17.9 Å². The quantitative estimate of drug-likeness (QED) is 0.862. The molecular weight excluding hydrogens is 284 g/mol. The molecule has 1 aromatic heterocycles. The summed E-state index contributed by atoms with van der Waals surface area (Å²) in [6, 6.07) is 9.81. The molecule has 0 unspecified atom stereocenters. The van der Waals surface area contributed by atoms with Crippen LogP contribution in [0.25, 0.3) is 10.6 Å². The number of nitrogens with one attached hydrogen (secondary N) is 1. The molecule has 2 rings (SSSR count). The van der Waals surface area contributed by atoms with Gasteiger partial charge in [0.05, 0.1) is 6.20 Å². The van der Waals surface area contributed by atoms with Crippen molar-refractivity contribution in [1.29, 1.82) is 0 Å². The van der Waals surface area contributed by atoms with E-state index in [2.05, 4.69) is 10.3 Å². The summed E-state index contributed by atoms with van der Waals surface area (Å²) in [6.07, 6.45) is 2.27. The van der Waals surface area contributed by atoms with E-state index in [0.717, 1.165) is 10.6 Å². The molecule has 0 atom stereocenters. The SMILES string of the molecule is CC(C)(CCO)CNC(=O)c1cnc(-c2ccccc2)s1. The summed E-state index contributed by atoms with van der Waals surface area (Å²) < 4.78 is 0. The smallest absolute Gasteiger partial charge is 0.263 e. The fourth-order valence-corrected chi connectivity index (χ4v) is 2.73. The summed E-state index contributed by atoms with van der Waals surface area (Å²) in [5, 5.41) is 12.7. The number of amides is 1. The molecule has 112 valence electrons. The van der Waals surface area contributed by atoms with Gasteiger partial charge in [-0.1, -0.05) is 44.2 Å². The van der Waals surface area contributed by atoms with Crippen LogP contribution >= 0.6 is 11.3 Å². The van der Waals surface area contributed by atoms with Crippen LogP contribution in [-0.4, -0.2) is 29.1 Å². The zero-order chi connectivity index (χ0) is 15.3. The van der Waals surface area contributed by atoms with Crippen LogP contribution in [-0.2, 0) is 0 Å². The van der Waals surface area contributed by atoms with Crippen LogP contribution < -0.4 is 5.32 Å². The number of nitrogens with zero attached hydrogens (tertiary/aromatic N) is 1. The van der Waals surface area contributed by atoms with Crippen molar-refractivity contribution in [2.24, 2.45) is 5.41 Å². The molecule has 5 heteroatoms. The lowest BCUT2D eigenvalue weighted by Gasteiger charge is -2.23. The fourth-order valence-electron chi connectivity index (χ4n) is 1.89. The Morgan fingerprint density at radius 2 is 2.05 bits per heavy atom. The van der Waals surface area contributed by atoms with E-state index >= 15 is 0 Å². The third-order valence-corrected chi connectivity index (χ3v) is 4.31. The van der Waals surface area contributed by atoms with Gasteiger partial charge in [0.1, 0.15) is 9.88 Å². The lowest BCUT2D eigenvalue weighted by Crippen LogP contribution is -2.34. The molecule has 0 fully saturated rings. The number of rotatable bonds is 6. The Balaban J connectivity index is 2.00.